The molecule has 2 amide bonds. The predicted octanol–water partition coefficient (Wildman–Crippen LogP) is -4.28. The molecule has 0 fully saturated rings. The molecule has 2 N–H and O–H groups in total. The van der Waals surface area contributed by atoms with Gasteiger partial charge in [-0.25, -0.2) is 8.42 Å². The van der Waals surface area contributed by atoms with Gasteiger partial charge in [0.25, 0.3) is 0 Å². The standard InChI is InChI=1S/C13H17NO5S.C13H17NO3S.K.Na/c1-13(2,3)12(17)14-9-4-6-10(7-5-9)20(18,19)8-11(15)16;1-13(2,3)12(17)14-9-4-6-10(7-5-9)18-8-11(15)16;;/h4-7H,8H2,1-3H3,(H,14,17)(H,15,16);4-7H,8H2,1-3H3,(H,14,17)(H,15,16);;/q;;2*+1/p-2. The van der Waals surface area contributed by atoms with Crippen LogP contribution in [0.1, 0.15) is 41.5 Å². The van der Waals surface area contributed by atoms with E-state index in [1.165, 1.54) is 36.0 Å². The number of benzene rings is 2. The van der Waals surface area contributed by atoms with Crippen LogP contribution in [0.15, 0.2) is 58.3 Å². The van der Waals surface area contributed by atoms with Gasteiger partial charge in [-0.05, 0) is 48.5 Å². The summed E-state index contributed by atoms with van der Waals surface area (Å²) in [6.07, 6.45) is 0. The molecular formula is C26H32KN2NaO8S2. The Labute approximate surface area is 304 Å². The van der Waals surface area contributed by atoms with E-state index in [4.69, 9.17) is 0 Å². The number of nitrogens with one attached hydrogen (secondary N) is 2. The molecule has 0 radical (unpaired) electrons. The fourth-order valence-corrected chi connectivity index (χ4v) is 4.04. The van der Waals surface area contributed by atoms with Gasteiger partial charge in [0.1, 0.15) is 0 Å². The minimum Gasteiger partial charge on any atom is -0.549 e. The van der Waals surface area contributed by atoms with Gasteiger partial charge in [-0.3, -0.25) is 9.59 Å². The molecule has 0 spiro atoms. The maximum Gasteiger partial charge on any atom is 1.00 e. The summed E-state index contributed by atoms with van der Waals surface area (Å²) in [6, 6.07) is 12.4. The van der Waals surface area contributed by atoms with E-state index in [1.54, 1.807) is 45.0 Å². The number of rotatable bonds is 8. The first-order valence-electron chi connectivity index (χ1n) is 11.4. The fraction of sp³-hybridized carbons (Fsp3) is 0.385. The summed E-state index contributed by atoms with van der Waals surface area (Å²) >= 11 is 1.19. The Bertz CT molecular complexity index is 1260. The van der Waals surface area contributed by atoms with Crippen LogP contribution in [-0.4, -0.2) is 43.7 Å². The summed E-state index contributed by atoms with van der Waals surface area (Å²) in [5, 5.41) is 26.1. The summed E-state index contributed by atoms with van der Waals surface area (Å²) in [6.45, 7) is 10.8. The van der Waals surface area contributed by atoms with E-state index in [-0.39, 0.29) is 103 Å². The molecule has 10 nitrogen and oxygen atoms in total. The molecule has 0 aliphatic rings. The van der Waals surface area contributed by atoms with E-state index in [0.717, 1.165) is 4.90 Å². The van der Waals surface area contributed by atoms with Gasteiger partial charge in [0.05, 0.1) is 22.6 Å². The molecule has 2 aromatic carbocycles. The van der Waals surface area contributed by atoms with E-state index >= 15 is 0 Å². The zero-order valence-electron chi connectivity index (χ0n) is 24.1. The largest absolute Gasteiger partial charge is 1.00 e. The first-order valence-corrected chi connectivity index (χ1v) is 14.0. The average Bonchev–Trinajstić information content (AvgIpc) is 2.77. The predicted molar refractivity (Wildman–Crippen MR) is 142 cm³/mol. The first kappa shape index (κ1) is 41.4. The van der Waals surface area contributed by atoms with Crippen molar-refractivity contribution in [3.8, 4) is 0 Å². The van der Waals surface area contributed by atoms with Gasteiger partial charge in [-0.15, -0.1) is 11.8 Å². The number of carboxylic acids is 2. The van der Waals surface area contributed by atoms with Crippen LogP contribution in [-0.2, 0) is 29.0 Å². The van der Waals surface area contributed by atoms with Crippen molar-refractivity contribution in [2.75, 3.05) is 22.1 Å². The molecule has 2 rings (SSSR count). The van der Waals surface area contributed by atoms with Crippen molar-refractivity contribution in [1.82, 2.24) is 0 Å². The Morgan fingerprint density at radius 3 is 1.43 bits per heavy atom. The van der Waals surface area contributed by atoms with Crippen LogP contribution >= 0.6 is 11.8 Å². The second kappa shape index (κ2) is 18.0. The van der Waals surface area contributed by atoms with Crippen molar-refractivity contribution in [3.05, 3.63) is 48.5 Å². The zero-order valence-corrected chi connectivity index (χ0v) is 30.9. The SMILES string of the molecule is CC(C)(C)C(=O)Nc1ccc(S(=O)(=O)CC(=O)[O-])cc1.CC(C)(C)C(=O)Nc1ccc(SCC(=O)[O-])cc1.[K+].[Na+]. The van der Waals surface area contributed by atoms with Crippen molar-refractivity contribution in [2.24, 2.45) is 10.8 Å². The van der Waals surface area contributed by atoms with Gasteiger partial charge in [0, 0.05) is 32.9 Å². The number of carbonyl (C=O) groups excluding carboxylic acids is 4. The number of amides is 2. The van der Waals surface area contributed by atoms with Gasteiger partial charge < -0.3 is 30.4 Å². The molecule has 14 heteroatoms. The van der Waals surface area contributed by atoms with Crippen molar-refractivity contribution >= 4 is 56.7 Å². The summed E-state index contributed by atoms with van der Waals surface area (Å²) in [7, 11) is -3.91. The van der Waals surface area contributed by atoms with Gasteiger partial charge in [-0.2, -0.15) is 0 Å². The van der Waals surface area contributed by atoms with E-state index < -0.39 is 38.4 Å². The van der Waals surface area contributed by atoms with Crippen LogP contribution in [0.5, 0.6) is 0 Å². The fourth-order valence-electron chi connectivity index (χ4n) is 2.40. The van der Waals surface area contributed by atoms with E-state index in [0.29, 0.717) is 11.4 Å². The van der Waals surface area contributed by atoms with Crippen molar-refractivity contribution in [2.45, 2.75) is 51.3 Å². The Morgan fingerprint density at radius 2 is 1.10 bits per heavy atom. The van der Waals surface area contributed by atoms with Crippen LogP contribution in [0.25, 0.3) is 0 Å². The Balaban J connectivity index is 0. The number of anilines is 2. The topological polar surface area (TPSA) is 173 Å². The minimum atomic E-state index is -3.91. The average molecular weight is 627 g/mol. The van der Waals surface area contributed by atoms with Crippen molar-refractivity contribution < 1.29 is 119 Å². The molecular weight excluding hydrogens is 595 g/mol. The smallest absolute Gasteiger partial charge is 0.549 e. The zero-order chi connectivity index (χ0) is 29.3. The van der Waals surface area contributed by atoms with Crippen LogP contribution < -0.4 is 102 Å². The molecule has 0 aliphatic carbocycles. The first-order chi connectivity index (χ1) is 17.3. The van der Waals surface area contributed by atoms with Gasteiger partial charge in [-0.1, -0.05) is 41.5 Å². The van der Waals surface area contributed by atoms with Crippen LogP contribution in [0, 0.1) is 10.8 Å². The molecule has 208 valence electrons. The van der Waals surface area contributed by atoms with Crippen LogP contribution in [0.4, 0.5) is 11.4 Å². The number of hydrogen-bond acceptors (Lipinski definition) is 9. The third-order valence-electron chi connectivity index (χ3n) is 4.61. The number of aliphatic carboxylic acids is 2. The molecule has 0 bridgehead atoms. The van der Waals surface area contributed by atoms with Crippen LogP contribution in [0.2, 0.25) is 0 Å². The van der Waals surface area contributed by atoms with Crippen molar-refractivity contribution in [3.63, 3.8) is 0 Å². The molecule has 0 aliphatic heterocycles. The third-order valence-corrected chi connectivity index (χ3v) is 7.20. The molecule has 2 aromatic rings. The van der Waals surface area contributed by atoms with Gasteiger partial charge >= 0.3 is 80.9 Å². The quantitative estimate of drug-likeness (QED) is 0.217. The summed E-state index contributed by atoms with van der Waals surface area (Å²) in [5.41, 5.74) is 0.132. The molecule has 0 heterocycles. The normalized spacial score (nSPS) is 10.9. The Hall–Kier alpha value is -0.744. The number of thioether (sulfide) groups is 1. The Morgan fingerprint density at radius 1 is 0.725 bits per heavy atom. The van der Waals surface area contributed by atoms with Gasteiger partial charge in [0.15, 0.2) is 9.84 Å². The maximum absolute atomic E-state index is 11.7. The minimum absolute atomic E-state index is 0. The second-order valence-corrected chi connectivity index (χ2v) is 13.3. The van der Waals surface area contributed by atoms with E-state index in [9.17, 15) is 37.8 Å². The second-order valence-electron chi connectivity index (χ2n) is 10.2. The molecule has 0 unspecified atom stereocenters. The molecule has 40 heavy (non-hydrogen) atoms. The third kappa shape index (κ3) is 16.0. The summed E-state index contributed by atoms with van der Waals surface area (Å²) < 4.78 is 23.3. The summed E-state index contributed by atoms with van der Waals surface area (Å²) in [4.78, 5) is 44.8. The summed E-state index contributed by atoms with van der Waals surface area (Å²) in [5.74, 6) is -4.16. The number of carboxylic acid groups (broad SMARTS) is 2. The van der Waals surface area contributed by atoms with E-state index in [1.807, 2.05) is 20.8 Å². The van der Waals surface area contributed by atoms with E-state index in [2.05, 4.69) is 10.6 Å². The molecule has 0 atom stereocenters. The molecule has 0 aromatic heterocycles. The number of sulfone groups is 1. The maximum atomic E-state index is 11.7. The van der Waals surface area contributed by atoms with Gasteiger partial charge in [0.2, 0.25) is 11.8 Å². The van der Waals surface area contributed by atoms with Crippen molar-refractivity contribution in [1.29, 1.82) is 0 Å². The molecule has 0 saturated carbocycles. The monoisotopic (exact) mass is 626 g/mol. The number of carbonyl (C=O) groups is 4. The Kier molecular flexibility index (Phi) is 18.7. The van der Waals surface area contributed by atoms with Crippen LogP contribution in [0.3, 0.4) is 0 Å². The molecule has 0 saturated heterocycles. The number of hydrogen-bond donors (Lipinski definition) is 2.